The van der Waals surface area contributed by atoms with Crippen molar-refractivity contribution in [3.05, 3.63) is 29.8 Å². The lowest BCUT2D eigenvalue weighted by molar-refractivity contribution is -0.0303. The van der Waals surface area contributed by atoms with Gasteiger partial charge in [0.2, 0.25) is 0 Å². The molecule has 2 fully saturated rings. The monoisotopic (exact) mass is 278 g/mol. The normalized spacial score (nSPS) is 35.8. The molecule has 3 rings (SSSR count). The van der Waals surface area contributed by atoms with Gasteiger partial charge in [-0.1, -0.05) is 0 Å². The summed E-state index contributed by atoms with van der Waals surface area (Å²) in [6, 6.07) is 5.87. The van der Waals surface area contributed by atoms with Crippen LogP contribution in [0.2, 0.25) is 0 Å². The summed E-state index contributed by atoms with van der Waals surface area (Å²) < 4.78 is 5.48. The summed E-state index contributed by atoms with van der Waals surface area (Å²) in [6.07, 6.45) is 0.322. The van der Waals surface area contributed by atoms with Gasteiger partial charge in [-0.2, -0.15) is 0 Å². The SMILES string of the molecule is O=C(O[C@@H]1CC[C@@H]2C[C@@H](O)[C@@H](O)[C@@H]21)c1ccc(O)cc1. The van der Waals surface area contributed by atoms with Crippen LogP contribution in [0, 0.1) is 11.8 Å². The van der Waals surface area contributed by atoms with Crippen LogP contribution in [0.25, 0.3) is 0 Å². The van der Waals surface area contributed by atoms with Gasteiger partial charge < -0.3 is 20.1 Å². The Balaban J connectivity index is 1.69. The first kappa shape index (κ1) is 13.4. The number of hydrogen-bond donors (Lipinski definition) is 3. The molecule has 0 aliphatic heterocycles. The number of aliphatic hydroxyl groups excluding tert-OH is 2. The Morgan fingerprint density at radius 1 is 1.15 bits per heavy atom. The molecule has 2 aliphatic carbocycles. The Morgan fingerprint density at radius 2 is 1.85 bits per heavy atom. The van der Waals surface area contributed by atoms with Gasteiger partial charge in [-0.15, -0.1) is 0 Å². The maximum atomic E-state index is 12.0. The van der Waals surface area contributed by atoms with Gasteiger partial charge in [0.05, 0.1) is 17.8 Å². The molecule has 0 unspecified atom stereocenters. The van der Waals surface area contributed by atoms with Crippen molar-refractivity contribution in [2.45, 2.75) is 37.6 Å². The van der Waals surface area contributed by atoms with E-state index >= 15 is 0 Å². The number of carbonyl (C=O) groups is 1. The molecule has 20 heavy (non-hydrogen) atoms. The van der Waals surface area contributed by atoms with Crippen LogP contribution in [-0.2, 0) is 4.74 Å². The summed E-state index contributed by atoms with van der Waals surface area (Å²) >= 11 is 0. The third kappa shape index (κ3) is 2.27. The molecule has 5 atom stereocenters. The van der Waals surface area contributed by atoms with Crippen molar-refractivity contribution in [2.75, 3.05) is 0 Å². The summed E-state index contributed by atoms with van der Waals surface area (Å²) in [7, 11) is 0. The summed E-state index contributed by atoms with van der Waals surface area (Å²) in [5, 5.41) is 28.9. The molecule has 0 aromatic heterocycles. The van der Waals surface area contributed by atoms with Crippen molar-refractivity contribution in [3.8, 4) is 5.75 Å². The number of benzene rings is 1. The average molecular weight is 278 g/mol. The van der Waals surface area contributed by atoms with E-state index in [1.807, 2.05) is 0 Å². The second kappa shape index (κ2) is 5.07. The molecule has 0 heterocycles. The molecule has 0 spiro atoms. The average Bonchev–Trinajstić information content (AvgIpc) is 2.93. The minimum atomic E-state index is -0.805. The molecule has 3 N–H and O–H groups in total. The molecule has 0 bridgehead atoms. The lowest BCUT2D eigenvalue weighted by atomic mass is 9.97. The fourth-order valence-electron chi connectivity index (χ4n) is 3.49. The molecule has 1 aromatic rings. The molecule has 0 saturated heterocycles. The predicted octanol–water partition coefficient (Wildman–Crippen LogP) is 1.07. The molecule has 108 valence electrons. The summed E-state index contributed by atoms with van der Waals surface area (Å²) in [4.78, 5) is 12.0. The van der Waals surface area contributed by atoms with E-state index in [0.29, 0.717) is 12.0 Å². The molecule has 0 amide bonds. The Labute approximate surface area is 116 Å². The van der Waals surface area contributed by atoms with Crippen LogP contribution < -0.4 is 0 Å². The number of rotatable bonds is 2. The third-order valence-corrected chi connectivity index (χ3v) is 4.49. The maximum absolute atomic E-state index is 12.0. The highest BCUT2D eigenvalue weighted by atomic mass is 16.5. The van der Waals surface area contributed by atoms with E-state index in [1.54, 1.807) is 0 Å². The van der Waals surface area contributed by atoms with E-state index in [-0.39, 0.29) is 23.7 Å². The summed E-state index contributed by atoms with van der Waals surface area (Å²) in [6.45, 7) is 0. The third-order valence-electron chi connectivity index (χ3n) is 4.49. The first-order chi connectivity index (χ1) is 9.56. The van der Waals surface area contributed by atoms with Crippen LogP contribution in [0.1, 0.15) is 29.6 Å². The van der Waals surface area contributed by atoms with Gasteiger partial charge in [-0.3, -0.25) is 0 Å². The lowest BCUT2D eigenvalue weighted by Gasteiger charge is -2.23. The van der Waals surface area contributed by atoms with Crippen LogP contribution >= 0.6 is 0 Å². The van der Waals surface area contributed by atoms with Gasteiger partial charge in [0, 0.05) is 5.92 Å². The van der Waals surface area contributed by atoms with E-state index in [0.717, 1.165) is 12.8 Å². The predicted molar refractivity (Wildman–Crippen MR) is 70.2 cm³/mol. The lowest BCUT2D eigenvalue weighted by Crippen LogP contribution is -2.34. The second-order valence-electron chi connectivity index (χ2n) is 5.70. The largest absolute Gasteiger partial charge is 0.508 e. The Bertz CT molecular complexity index is 495. The first-order valence-corrected chi connectivity index (χ1v) is 6.92. The number of phenolic OH excluding ortho intramolecular Hbond substituents is 1. The van der Waals surface area contributed by atoms with Crippen molar-refractivity contribution < 1.29 is 24.9 Å². The maximum Gasteiger partial charge on any atom is 0.338 e. The van der Waals surface area contributed by atoms with Gasteiger partial charge in [0.25, 0.3) is 0 Å². The van der Waals surface area contributed by atoms with E-state index in [4.69, 9.17) is 4.74 Å². The molecule has 1 aromatic carbocycles. The molecular formula is C15H18O5. The summed E-state index contributed by atoms with van der Waals surface area (Å²) in [5.41, 5.74) is 0.374. The van der Waals surface area contributed by atoms with E-state index in [2.05, 4.69) is 0 Å². The van der Waals surface area contributed by atoms with Gasteiger partial charge in [-0.05, 0) is 49.4 Å². The topological polar surface area (TPSA) is 87.0 Å². The fourth-order valence-corrected chi connectivity index (χ4v) is 3.49. The number of aliphatic hydroxyl groups is 2. The van der Waals surface area contributed by atoms with Crippen LogP contribution in [0.5, 0.6) is 5.75 Å². The zero-order valence-corrected chi connectivity index (χ0v) is 11.0. The van der Waals surface area contributed by atoms with Gasteiger partial charge >= 0.3 is 5.97 Å². The quantitative estimate of drug-likeness (QED) is 0.704. The molecule has 0 radical (unpaired) electrons. The highest BCUT2D eigenvalue weighted by Crippen LogP contribution is 2.45. The van der Waals surface area contributed by atoms with E-state index < -0.39 is 18.2 Å². The number of hydrogen-bond acceptors (Lipinski definition) is 5. The number of ether oxygens (including phenoxy) is 1. The molecule has 2 aliphatic rings. The van der Waals surface area contributed by atoms with Gasteiger partial charge in [0.1, 0.15) is 11.9 Å². The molecule has 5 nitrogen and oxygen atoms in total. The number of aromatic hydroxyl groups is 1. The van der Waals surface area contributed by atoms with E-state index in [1.165, 1.54) is 24.3 Å². The van der Waals surface area contributed by atoms with Crippen molar-refractivity contribution >= 4 is 5.97 Å². The Hall–Kier alpha value is -1.59. The van der Waals surface area contributed by atoms with Gasteiger partial charge in [0.15, 0.2) is 0 Å². The Morgan fingerprint density at radius 3 is 2.55 bits per heavy atom. The minimum absolute atomic E-state index is 0.0943. The van der Waals surface area contributed by atoms with E-state index in [9.17, 15) is 20.1 Å². The Kier molecular flexibility index (Phi) is 3.40. The summed E-state index contributed by atoms with van der Waals surface area (Å²) in [5.74, 6) is -0.287. The van der Waals surface area contributed by atoms with Crippen molar-refractivity contribution in [2.24, 2.45) is 11.8 Å². The smallest absolute Gasteiger partial charge is 0.338 e. The number of carbonyl (C=O) groups excluding carboxylic acids is 1. The highest BCUT2D eigenvalue weighted by Gasteiger charge is 2.50. The molecular weight excluding hydrogens is 260 g/mol. The second-order valence-corrected chi connectivity index (χ2v) is 5.70. The fraction of sp³-hybridized carbons (Fsp3) is 0.533. The standard InChI is InChI=1S/C15H18O5/c16-10-4-1-8(2-5-10)15(19)20-12-6-3-9-7-11(17)14(18)13(9)12/h1-2,4-5,9,11-14,16-18H,3,6-7H2/t9-,11-,12-,13+,14-/m1/s1. The number of phenols is 1. The highest BCUT2D eigenvalue weighted by molar-refractivity contribution is 5.89. The van der Waals surface area contributed by atoms with Crippen molar-refractivity contribution in [3.63, 3.8) is 0 Å². The van der Waals surface area contributed by atoms with Crippen LogP contribution in [0.4, 0.5) is 0 Å². The van der Waals surface area contributed by atoms with Gasteiger partial charge in [-0.25, -0.2) is 4.79 Å². The zero-order valence-electron chi connectivity index (χ0n) is 11.0. The van der Waals surface area contributed by atoms with Crippen LogP contribution in [-0.4, -0.2) is 39.6 Å². The van der Waals surface area contributed by atoms with Crippen LogP contribution in [0.15, 0.2) is 24.3 Å². The molecule has 5 heteroatoms. The zero-order chi connectivity index (χ0) is 14.3. The van der Waals surface area contributed by atoms with Crippen LogP contribution in [0.3, 0.4) is 0 Å². The minimum Gasteiger partial charge on any atom is -0.508 e. The number of esters is 1. The number of fused-ring (bicyclic) bond motifs is 1. The van der Waals surface area contributed by atoms with Crippen molar-refractivity contribution in [1.29, 1.82) is 0 Å². The molecule has 2 saturated carbocycles. The van der Waals surface area contributed by atoms with Crippen molar-refractivity contribution in [1.82, 2.24) is 0 Å². The first-order valence-electron chi connectivity index (χ1n) is 6.92.